The number of rotatable bonds is 13. The van der Waals surface area contributed by atoms with E-state index in [0.29, 0.717) is 19.6 Å². The van der Waals surface area contributed by atoms with Crippen LogP contribution in [0.4, 0.5) is 11.4 Å². The summed E-state index contributed by atoms with van der Waals surface area (Å²) >= 11 is 0. The van der Waals surface area contributed by atoms with Crippen molar-refractivity contribution in [2.45, 2.75) is 13.3 Å². The average Bonchev–Trinajstić information content (AvgIpc) is 3.81. The number of carbonyl (C=O) groups is 1. The first-order valence-electron chi connectivity index (χ1n) is 18.5. The van der Waals surface area contributed by atoms with E-state index in [0.717, 1.165) is 122 Å². The van der Waals surface area contributed by atoms with Gasteiger partial charge in [-0.2, -0.15) is 10.2 Å². The van der Waals surface area contributed by atoms with Crippen LogP contribution in [0.25, 0.3) is 22.5 Å². The molecule has 3 N–H and O–H groups in total. The fourth-order valence-corrected chi connectivity index (χ4v) is 6.52. The number of anilines is 2. The zero-order valence-electron chi connectivity index (χ0n) is 31.6. The van der Waals surface area contributed by atoms with Gasteiger partial charge < -0.3 is 30.0 Å². The molecule has 0 atom stereocenters. The normalized spacial score (nSPS) is 14.9. The van der Waals surface area contributed by atoms with Gasteiger partial charge in [-0.15, -0.1) is 0 Å². The van der Waals surface area contributed by atoms with E-state index in [1.807, 2.05) is 103 Å². The van der Waals surface area contributed by atoms with Crippen molar-refractivity contribution in [2.75, 3.05) is 90.0 Å². The third-order valence-corrected chi connectivity index (χ3v) is 9.45. The molecule has 2 saturated heterocycles. The number of aromatic nitrogens is 4. The SMILES string of the molecule is Cc1cccc(CC(=O)Nc2ccc(OCCN3CCOCC3)c(-c3ccnn3C)c2)c1.Cn1nccc1-c1cc(N)ccc1OCCN1CCOCC1. The lowest BCUT2D eigenvalue weighted by Gasteiger charge is -2.26. The van der Waals surface area contributed by atoms with Gasteiger partial charge in [-0.1, -0.05) is 29.8 Å². The molecule has 0 aliphatic carbocycles. The van der Waals surface area contributed by atoms with Crippen molar-refractivity contribution < 1.29 is 23.7 Å². The predicted molar refractivity (Wildman–Crippen MR) is 211 cm³/mol. The molecule has 0 bridgehead atoms. The van der Waals surface area contributed by atoms with Crippen molar-refractivity contribution in [2.24, 2.45) is 14.1 Å². The van der Waals surface area contributed by atoms with Gasteiger partial charge in [-0.25, -0.2) is 0 Å². The Morgan fingerprint density at radius 1 is 0.741 bits per heavy atom. The first kappa shape index (κ1) is 38.5. The molecule has 3 aromatic carbocycles. The Balaban J connectivity index is 0.000000197. The number of amides is 1. The highest BCUT2D eigenvalue weighted by molar-refractivity contribution is 5.93. The van der Waals surface area contributed by atoms with Crippen LogP contribution < -0.4 is 20.5 Å². The van der Waals surface area contributed by atoms with Crippen LogP contribution >= 0.6 is 0 Å². The zero-order valence-corrected chi connectivity index (χ0v) is 31.6. The lowest BCUT2D eigenvalue weighted by Crippen LogP contribution is -2.38. The van der Waals surface area contributed by atoms with Gasteiger partial charge in [0.2, 0.25) is 5.91 Å². The molecule has 5 aromatic rings. The number of carbonyl (C=O) groups excluding carboxylic acids is 1. The van der Waals surface area contributed by atoms with Crippen LogP contribution in [-0.4, -0.2) is 114 Å². The van der Waals surface area contributed by atoms with E-state index in [1.165, 1.54) is 0 Å². The number of hydrogen-bond acceptors (Lipinski definition) is 10. The van der Waals surface area contributed by atoms with Crippen molar-refractivity contribution in [3.8, 4) is 34.0 Å². The number of hydrogen-bond donors (Lipinski definition) is 2. The molecule has 13 heteroatoms. The maximum atomic E-state index is 12.6. The molecule has 13 nitrogen and oxygen atoms in total. The molecule has 54 heavy (non-hydrogen) atoms. The second-order valence-corrected chi connectivity index (χ2v) is 13.5. The van der Waals surface area contributed by atoms with Gasteiger partial charge in [0.25, 0.3) is 0 Å². The van der Waals surface area contributed by atoms with Crippen LogP contribution in [0, 0.1) is 6.92 Å². The Hall–Kier alpha value is -5.21. The van der Waals surface area contributed by atoms with Crippen LogP contribution in [0.3, 0.4) is 0 Å². The largest absolute Gasteiger partial charge is 0.492 e. The minimum atomic E-state index is -0.0486. The van der Waals surface area contributed by atoms with E-state index in [4.69, 9.17) is 24.7 Å². The summed E-state index contributed by atoms with van der Waals surface area (Å²) in [4.78, 5) is 17.3. The standard InChI is InChI=1S/C25H30N4O3.C16H22N4O2/c1-19-4-3-5-20(16-19)17-25(30)27-21-6-7-24(22(18-21)23-8-9-26-28(23)2)32-15-12-29-10-13-31-14-11-29;1-19-15(4-5-18-19)14-12-13(17)2-3-16(14)22-11-8-20-6-9-21-10-7-20/h3-9,16,18H,10-15,17H2,1-2H3,(H,27,30);2-5,12H,6-11,17H2,1H3. The number of ether oxygens (including phenoxy) is 4. The van der Waals surface area contributed by atoms with Crippen molar-refractivity contribution in [3.63, 3.8) is 0 Å². The van der Waals surface area contributed by atoms with Crippen molar-refractivity contribution in [3.05, 3.63) is 96.3 Å². The summed E-state index contributed by atoms with van der Waals surface area (Å²) in [6.07, 6.45) is 3.87. The molecule has 2 fully saturated rings. The number of morpholine rings is 2. The maximum Gasteiger partial charge on any atom is 0.228 e. The molecule has 0 saturated carbocycles. The Morgan fingerprint density at radius 3 is 1.83 bits per heavy atom. The maximum absolute atomic E-state index is 12.6. The van der Waals surface area contributed by atoms with Gasteiger partial charge in [-0.3, -0.25) is 24.0 Å². The van der Waals surface area contributed by atoms with Gasteiger partial charge in [0.05, 0.1) is 44.2 Å². The van der Waals surface area contributed by atoms with Gasteiger partial charge in [0, 0.05) is 88.3 Å². The number of nitrogens with one attached hydrogen (secondary N) is 1. The number of nitrogens with zero attached hydrogens (tertiary/aromatic N) is 6. The summed E-state index contributed by atoms with van der Waals surface area (Å²) < 4.78 is 26.5. The summed E-state index contributed by atoms with van der Waals surface area (Å²) in [5, 5.41) is 11.5. The molecular formula is C41H52N8O5. The van der Waals surface area contributed by atoms with Crippen LogP contribution in [0.2, 0.25) is 0 Å². The number of aryl methyl sites for hydroxylation is 3. The third-order valence-electron chi connectivity index (χ3n) is 9.45. The Bertz CT molecular complexity index is 1950. The van der Waals surface area contributed by atoms with Gasteiger partial charge in [0.1, 0.15) is 24.7 Å². The zero-order chi connectivity index (χ0) is 37.7. The van der Waals surface area contributed by atoms with E-state index >= 15 is 0 Å². The highest BCUT2D eigenvalue weighted by Gasteiger charge is 2.16. The summed E-state index contributed by atoms with van der Waals surface area (Å²) in [5.74, 6) is 1.57. The lowest BCUT2D eigenvalue weighted by atomic mass is 10.1. The van der Waals surface area contributed by atoms with E-state index in [2.05, 4.69) is 25.3 Å². The van der Waals surface area contributed by atoms with Gasteiger partial charge in [-0.05, 0) is 61.0 Å². The predicted octanol–water partition coefficient (Wildman–Crippen LogP) is 4.67. The second-order valence-electron chi connectivity index (χ2n) is 13.5. The summed E-state index contributed by atoms with van der Waals surface area (Å²) in [6.45, 7) is 12.0. The first-order chi connectivity index (χ1) is 26.3. The van der Waals surface area contributed by atoms with Crippen molar-refractivity contribution >= 4 is 17.3 Å². The van der Waals surface area contributed by atoms with E-state index in [1.54, 1.807) is 12.4 Å². The molecule has 4 heterocycles. The molecule has 2 aromatic heterocycles. The molecule has 0 unspecified atom stereocenters. The van der Waals surface area contributed by atoms with Crippen LogP contribution in [0.15, 0.2) is 85.2 Å². The minimum absolute atomic E-state index is 0.0486. The van der Waals surface area contributed by atoms with Crippen LogP contribution in [0.1, 0.15) is 11.1 Å². The third kappa shape index (κ3) is 10.9. The molecule has 0 radical (unpaired) electrons. The summed E-state index contributed by atoms with van der Waals surface area (Å²) in [5.41, 5.74) is 13.3. The Morgan fingerprint density at radius 2 is 1.30 bits per heavy atom. The van der Waals surface area contributed by atoms with Crippen molar-refractivity contribution in [1.29, 1.82) is 0 Å². The van der Waals surface area contributed by atoms with Crippen LogP contribution in [-0.2, 0) is 34.8 Å². The second kappa shape index (κ2) is 19.2. The minimum Gasteiger partial charge on any atom is -0.492 e. The lowest BCUT2D eigenvalue weighted by molar-refractivity contribution is -0.115. The van der Waals surface area contributed by atoms with Crippen molar-refractivity contribution in [1.82, 2.24) is 29.4 Å². The Kier molecular flexibility index (Phi) is 13.7. The van der Waals surface area contributed by atoms with Gasteiger partial charge >= 0.3 is 0 Å². The molecule has 1 amide bonds. The highest BCUT2D eigenvalue weighted by Crippen LogP contribution is 2.33. The fourth-order valence-electron chi connectivity index (χ4n) is 6.52. The number of nitrogen functional groups attached to an aromatic ring is 1. The fraction of sp³-hybridized carbons (Fsp3) is 0.390. The smallest absolute Gasteiger partial charge is 0.228 e. The molecule has 2 aliphatic heterocycles. The molecule has 0 spiro atoms. The first-order valence-corrected chi connectivity index (χ1v) is 18.5. The van der Waals surface area contributed by atoms with E-state index in [-0.39, 0.29) is 5.91 Å². The topological polar surface area (TPSA) is 134 Å². The van der Waals surface area contributed by atoms with Crippen LogP contribution in [0.5, 0.6) is 11.5 Å². The van der Waals surface area contributed by atoms with E-state index < -0.39 is 0 Å². The van der Waals surface area contributed by atoms with Gasteiger partial charge in [0.15, 0.2) is 0 Å². The molecule has 7 rings (SSSR count). The summed E-state index contributed by atoms with van der Waals surface area (Å²) in [7, 11) is 3.81. The molecule has 286 valence electrons. The monoisotopic (exact) mass is 736 g/mol. The van der Waals surface area contributed by atoms with E-state index in [9.17, 15) is 4.79 Å². The summed E-state index contributed by atoms with van der Waals surface area (Å²) in [6, 6.07) is 23.4. The quantitative estimate of drug-likeness (QED) is 0.164. The number of nitrogens with two attached hydrogens (primary N) is 1. The number of benzene rings is 3. The molecular weight excluding hydrogens is 685 g/mol. The average molecular weight is 737 g/mol. The Labute approximate surface area is 317 Å². The molecule has 2 aliphatic rings. The highest BCUT2D eigenvalue weighted by atomic mass is 16.5.